The first-order valence-electron chi connectivity index (χ1n) is 12.8. The highest BCUT2D eigenvalue weighted by atomic mass is 32.2. The molecule has 4 heterocycles. The maximum atomic E-state index is 13.5. The number of likely N-dealkylation sites (tertiary alicyclic amines) is 1. The molecule has 1 amide bonds. The van der Waals surface area contributed by atoms with E-state index in [-0.39, 0.29) is 18.0 Å². The molecule has 8 heteroatoms. The molecule has 1 aromatic carbocycles. The summed E-state index contributed by atoms with van der Waals surface area (Å²) in [4.78, 5) is 32.4. The van der Waals surface area contributed by atoms with Crippen LogP contribution in [-0.2, 0) is 11.3 Å². The van der Waals surface area contributed by atoms with Gasteiger partial charge in [-0.2, -0.15) is 0 Å². The van der Waals surface area contributed by atoms with E-state index in [9.17, 15) is 9.59 Å². The maximum Gasteiger partial charge on any atom is 0.254 e. The van der Waals surface area contributed by atoms with Crippen molar-refractivity contribution in [3.05, 3.63) is 63.2 Å². The summed E-state index contributed by atoms with van der Waals surface area (Å²) in [6.07, 6.45) is 4.25. The zero-order valence-electron chi connectivity index (χ0n) is 21.6. The molecule has 0 saturated carbocycles. The molecule has 192 valence electrons. The number of para-hydroxylation sites is 1. The molecule has 0 unspecified atom stereocenters. The summed E-state index contributed by atoms with van der Waals surface area (Å²) in [5.41, 5.74) is 4.06. The van der Waals surface area contributed by atoms with Crippen molar-refractivity contribution in [1.29, 1.82) is 0 Å². The lowest BCUT2D eigenvalue weighted by Gasteiger charge is -2.43. The van der Waals surface area contributed by atoms with Crippen LogP contribution in [0.4, 0.5) is 0 Å². The zero-order chi connectivity index (χ0) is 25.4. The van der Waals surface area contributed by atoms with Gasteiger partial charge in [0.25, 0.3) is 11.5 Å². The minimum Gasteiger partial charge on any atom is -0.378 e. The van der Waals surface area contributed by atoms with E-state index in [1.807, 2.05) is 37.4 Å². The molecule has 2 N–H and O–H groups in total. The minimum atomic E-state index is -0.146. The van der Waals surface area contributed by atoms with E-state index in [0.29, 0.717) is 29.1 Å². The fourth-order valence-electron chi connectivity index (χ4n) is 5.91. The molecule has 3 aromatic rings. The van der Waals surface area contributed by atoms with Gasteiger partial charge in [0.2, 0.25) is 0 Å². The van der Waals surface area contributed by atoms with Crippen LogP contribution in [0.25, 0.3) is 10.9 Å². The highest BCUT2D eigenvalue weighted by molar-refractivity contribution is 7.98. The second-order valence-electron chi connectivity index (χ2n) is 10.2. The Bertz CT molecular complexity index is 1320. The number of aryl methyl sites for hydroxylation is 1. The summed E-state index contributed by atoms with van der Waals surface area (Å²) in [5.74, 6) is 0.421. The van der Waals surface area contributed by atoms with Crippen molar-refractivity contribution >= 4 is 28.6 Å². The van der Waals surface area contributed by atoms with E-state index in [1.165, 1.54) is 11.8 Å². The summed E-state index contributed by atoms with van der Waals surface area (Å²) < 4.78 is 7.75. The van der Waals surface area contributed by atoms with E-state index in [2.05, 4.69) is 39.7 Å². The molecule has 2 saturated heterocycles. The molecule has 5 rings (SSSR count). The number of rotatable bonds is 7. The quantitative estimate of drug-likeness (QED) is 0.466. The number of pyridine rings is 1. The van der Waals surface area contributed by atoms with E-state index >= 15 is 0 Å². The molecule has 7 nitrogen and oxygen atoms in total. The first-order chi connectivity index (χ1) is 17.4. The molecule has 0 bridgehead atoms. The van der Waals surface area contributed by atoms with Crippen molar-refractivity contribution in [3.63, 3.8) is 0 Å². The minimum absolute atomic E-state index is 0.138. The van der Waals surface area contributed by atoms with Gasteiger partial charge in [0, 0.05) is 45.3 Å². The van der Waals surface area contributed by atoms with Crippen molar-refractivity contribution in [1.82, 2.24) is 19.8 Å². The molecule has 0 aliphatic carbocycles. The number of nitrogens with zero attached hydrogens (tertiary/aromatic N) is 2. The number of aromatic nitrogens is 2. The Kier molecular flexibility index (Phi) is 7.28. The Balaban J connectivity index is 1.39. The van der Waals surface area contributed by atoms with Crippen LogP contribution in [0.2, 0.25) is 0 Å². The molecule has 2 aliphatic rings. The third-order valence-electron chi connectivity index (χ3n) is 8.06. The summed E-state index contributed by atoms with van der Waals surface area (Å²) >= 11 is 1.52. The lowest BCUT2D eigenvalue weighted by Crippen LogP contribution is -2.52. The van der Waals surface area contributed by atoms with Gasteiger partial charge in [-0.25, -0.2) is 0 Å². The van der Waals surface area contributed by atoms with Crippen LogP contribution in [0.5, 0.6) is 0 Å². The number of H-pyrrole nitrogens is 1. The van der Waals surface area contributed by atoms with Gasteiger partial charge in [-0.05, 0) is 71.0 Å². The molecule has 1 atom stereocenters. The van der Waals surface area contributed by atoms with Crippen LogP contribution in [0.1, 0.15) is 53.1 Å². The van der Waals surface area contributed by atoms with Crippen LogP contribution < -0.4 is 10.9 Å². The molecule has 0 spiro atoms. The number of hydrogen-bond donors (Lipinski definition) is 2. The fourth-order valence-corrected chi connectivity index (χ4v) is 6.61. The number of nitrogens with one attached hydrogen (secondary N) is 2. The second-order valence-corrected chi connectivity index (χ2v) is 11.0. The lowest BCUT2D eigenvalue weighted by atomic mass is 9.89. The Morgan fingerprint density at radius 3 is 2.61 bits per heavy atom. The van der Waals surface area contributed by atoms with E-state index in [0.717, 1.165) is 66.3 Å². The van der Waals surface area contributed by atoms with Crippen molar-refractivity contribution in [2.24, 2.45) is 5.92 Å². The van der Waals surface area contributed by atoms with Gasteiger partial charge in [0.15, 0.2) is 0 Å². The maximum absolute atomic E-state index is 13.5. The van der Waals surface area contributed by atoms with Crippen LogP contribution in [0.3, 0.4) is 0 Å². The third-order valence-corrected chi connectivity index (χ3v) is 8.86. The first kappa shape index (κ1) is 25.1. The number of piperidine rings is 1. The molecule has 36 heavy (non-hydrogen) atoms. The summed E-state index contributed by atoms with van der Waals surface area (Å²) in [6.45, 7) is 10.4. The van der Waals surface area contributed by atoms with Gasteiger partial charge in [-0.15, -0.1) is 11.8 Å². The van der Waals surface area contributed by atoms with Gasteiger partial charge in [0.05, 0.1) is 24.8 Å². The first-order valence-corrected chi connectivity index (χ1v) is 14.1. The smallest absolute Gasteiger partial charge is 0.254 e. The zero-order valence-corrected chi connectivity index (χ0v) is 22.4. The highest BCUT2D eigenvalue weighted by Crippen LogP contribution is 2.36. The molecule has 2 aliphatic heterocycles. The summed E-state index contributed by atoms with van der Waals surface area (Å²) in [6, 6.07) is 11.0. The largest absolute Gasteiger partial charge is 0.378 e. The summed E-state index contributed by atoms with van der Waals surface area (Å²) in [7, 11) is 0. The van der Waals surface area contributed by atoms with Crippen LogP contribution in [0, 0.1) is 19.8 Å². The number of amides is 1. The predicted octanol–water partition coefficient (Wildman–Crippen LogP) is 4.27. The van der Waals surface area contributed by atoms with Gasteiger partial charge in [-0.3, -0.25) is 14.5 Å². The Morgan fingerprint density at radius 1 is 1.22 bits per heavy atom. The van der Waals surface area contributed by atoms with Crippen LogP contribution in [-0.4, -0.2) is 59.0 Å². The van der Waals surface area contributed by atoms with Gasteiger partial charge in [0.1, 0.15) is 0 Å². The van der Waals surface area contributed by atoms with Crippen molar-refractivity contribution < 1.29 is 9.53 Å². The lowest BCUT2D eigenvalue weighted by molar-refractivity contribution is -0.0752. The van der Waals surface area contributed by atoms with Crippen molar-refractivity contribution in [3.8, 4) is 0 Å². The fraction of sp³-hybridized carbons (Fsp3) is 0.500. The van der Waals surface area contributed by atoms with E-state index < -0.39 is 0 Å². The molecule has 0 radical (unpaired) electrons. The van der Waals surface area contributed by atoms with E-state index in [4.69, 9.17) is 4.74 Å². The Hall–Kier alpha value is -2.55. The van der Waals surface area contributed by atoms with E-state index in [1.54, 1.807) is 0 Å². The third kappa shape index (κ3) is 4.62. The molecular weight excluding hydrogens is 472 g/mol. The standard InChI is InChI=1S/C28H36N4O3S/c1-17-13-25(36-4)23(27(33)30-17)14-29-28(34)26-19(3)32(24-8-6-5-7-22(24)26)18(2)20-9-11-31(12-10-20)21-15-35-16-21/h5-8,13,18,20-21H,9-12,14-16H2,1-4H3,(H,29,34)(H,30,33)/t18-/m1/s1. The van der Waals surface area contributed by atoms with Crippen LogP contribution >= 0.6 is 11.8 Å². The normalized spacial score (nSPS) is 18.3. The number of fused-ring (bicyclic) bond motifs is 1. The Morgan fingerprint density at radius 2 is 1.94 bits per heavy atom. The summed E-state index contributed by atoms with van der Waals surface area (Å²) in [5, 5.41) is 4.01. The number of carbonyl (C=O) groups excluding carboxylic acids is 1. The number of benzene rings is 1. The number of thioether (sulfide) groups is 1. The predicted molar refractivity (Wildman–Crippen MR) is 145 cm³/mol. The topological polar surface area (TPSA) is 79.4 Å². The number of hydrogen-bond acceptors (Lipinski definition) is 5. The van der Waals surface area contributed by atoms with Crippen LogP contribution in [0.15, 0.2) is 40.0 Å². The monoisotopic (exact) mass is 508 g/mol. The van der Waals surface area contributed by atoms with Gasteiger partial charge >= 0.3 is 0 Å². The highest BCUT2D eigenvalue weighted by Gasteiger charge is 2.33. The molecular formula is C28H36N4O3S. The van der Waals surface area contributed by atoms with Crippen molar-refractivity contribution in [2.45, 2.75) is 57.1 Å². The number of carbonyl (C=O) groups is 1. The average Bonchev–Trinajstić information content (AvgIpc) is 3.13. The second kappa shape index (κ2) is 10.4. The molecule has 2 fully saturated rings. The van der Waals surface area contributed by atoms with Crippen molar-refractivity contribution in [2.75, 3.05) is 32.6 Å². The van der Waals surface area contributed by atoms with Gasteiger partial charge in [-0.1, -0.05) is 18.2 Å². The van der Waals surface area contributed by atoms with Gasteiger partial charge < -0.3 is 19.6 Å². The molecule has 2 aromatic heterocycles. The Labute approximate surface area is 216 Å². The SMILES string of the molecule is CSc1cc(C)[nH]c(=O)c1CNC(=O)c1c(C)n([C@H](C)C2CCN(C3COC3)CC2)c2ccccc12. The number of ether oxygens (including phenoxy) is 1. The number of aromatic amines is 1. The average molecular weight is 509 g/mol.